The minimum atomic E-state index is -0.413. The van der Waals surface area contributed by atoms with Gasteiger partial charge in [0.05, 0.1) is 19.3 Å². The van der Waals surface area contributed by atoms with E-state index in [4.69, 9.17) is 21.1 Å². The zero-order chi connectivity index (χ0) is 23.5. The Kier molecular flexibility index (Phi) is 6.91. The number of nitrogens with zero attached hydrogens (tertiary/aromatic N) is 2. The van der Waals surface area contributed by atoms with Crippen LogP contribution < -0.4 is 4.74 Å². The average Bonchev–Trinajstić information content (AvgIpc) is 3.33. The number of carbonyl (C=O) groups is 1. The fourth-order valence-electron chi connectivity index (χ4n) is 4.05. The lowest BCUT2D eigenvalue weighted by molar-refractivity contribution is 0.0677. The van der Waals surface area contributed by atoms with E-state index in [1.54, 1.807) is 24.1 Å². The van der Waals surface area contributed by atoms with Crippen LogP contribution >= 0.6 is 11.6 Å². The summed E-state index contributed by atoms with van der Waals surface area (Å²) in [6.45, 7) is 5.73. The van der Waals surface area contributed by atoms with E-state index in [0.717, 1.165) is 17.7 Å². The molecule has 1 aliphatic heterocycles. The molecule has 1 atom stereocenters. The third-order valence-corrected chi connectivity index (χ3v) is 5.99. The van der Waals surface area contributed by atoms with Gasteiger partial charge in [-0.3, -0.25) is 9.89 Å². The molecule has 33 heavy (non-hydrogen) atoms. The van der Waals surface area contributed by atoms with Crippen LogP contribution in [-0.2, 0) is 4.74 Å². The number of nitrogens with one attached hydrogen (secondary N) is 1. The Morgan fingerprint density at radius 2 is 2.03 bits per heavy atom. The van der Waals surface area contributed by atoms with Gasteiger partial charge in [-0.25, -0.2) is 0 Å². The number of ether oxygens (including phenoxy) is 2. The smallest absolute Gasteiger partial charge is 0.273 e. The molecule has 2 N–H and O–H groups in total. The Labute approximate surface area is 198 Å². The molecule has 0 spiro atoms. The van der Waals surface area contributed by atoms with Crippen molar-refractivity contribution in [3.05, 3.63) is 64.3 Å². The second-order valence-corrected chi connectivity index (χ2v) is 8.96. The van der Waals surface area contributed by atoms with E-state index in [9.17, 15) is 9.90 Å². The maximum absolute atomic E-state index is 13.3. The molecule has 1 aromatic heterocycles. The summed E-state index contributed by atoms with van der Waals surface area (Å²) in [7, 11) is 1.61. The molecule has 2 aromatic carbocycles. The lowest BCUT2D eigenvalue weighted by atomic mass is 9.95. The summed E-state index contributed by atoms with van der Waals surface area (Å²) < 4.78 is 11.2. The number of hydrogen-bond acceptors (Lipinski definition) is 5. The van der Waals surface area contributed by atoms with Crippen molar-refractivity contribution in [2.75, 3.05) is 26.9 Å². The second-order valence-electron chi connectivity index (χ2n) is 8.52. The van der Waals surface area contributed by atoms with Crippen molar-refractivity contribution < 1.29 is 19.4 Å². The van der Waals surface area contributed by atoms with Crippen molar-refractivity contribution in [2.45, 2.75) is 26.3 Å². The zero-order valence-corrected chi connectivity index (χ0v) is 19.7. The van der Waals surface area contributed by atoms with Gasteiger partial charge in [0, 0.05) is 29.8 Å². The zero-order valence-electron chi connectivity index (χ0n) is 19.0. The molecule has 8 heteroatoms. The van der Waals surface area contributed by atoms with Gasteiger partial charge in [-0.1, -0.05) is 37.6 Å². The first-order valence-electron chi connectivity index (χ1n) is 11.0. The minimum absolute atomic E-state index is 0.0426. The summed E-state index contributed by atoms with van der Waals surface area (Å²) in [4.78, 5) is 15.0. The number of aromatic nitrogens is 2. The van der Waals surface area contributed by atoms with Crippen LogP contribution in [0.3, 0.4) is 0 Å². The number of aromatic amines is 1. The number of fused-ring (bicyclic) bond motifs is 1. The number of aromatic hydroxyl groups is 1. The van der Waals surface area contributed by atoms with Gasteiger partial charge in [-0.05, 0) is 48.2 Å². The van der Waals surface area contributed by atoms with Gasteiger partial charge < -0.3 is 19.5 Å². The lowest BCUT2D eigenvalue weighted by Crippen LogP contribution is -2.32. The Balaban J connectivity index is 1.78. The van der Waals surface area contributed by atoms with Gasteiger partial charge in [0.25, 0.3) is 5.91 Å². The van der Waals surface area contributed by atoms with E-state index in [-0.39, 0.29) is 11.7 Å². The van der Waals surface area contributed by atoms with E-state index in [2.05, 4.69) is 24.0 Å². The number of phenolic OH excluding ortho intramolecular Hbond substituents is 1. The normalized spacial score (nSPS) is 15.4. The molecule has 1 aliphatic rings. The number of amides is 1. The minimum Gasteiger partial charge on any atom is -0.507 e. The third kappa shape index (κ3) is 4.70. The highest BCUT2D eigenvalue weighted by molar-refractivity contribution is 6.31. The van der Waals surface area contributed by atoms with E-state index in [1.807, 2.05) is 24.3 Å². The summed E-state index contributed by atoms with van der Waals surface area (Å²) in [5, 5.41) is 18.2. The first-order valence-corrected chi connectivity index (χ1v) is 11.4. The maximum Gasteiger partial charge on any atom is 0.273 e. The van der Waals surface area contributed by atoms with Crippen LogP contribution in [0, 0.1) is 5.92 Å². The number of benzene rings is 2. The van der Waals surface area contributed by atoms with Crippen LogP contribution in [0.2, 0.25) is 5.02 Å². The molecule has 7 nitrogen and oxygen atoms in total. The van der Waals surface area contributed by atoms with Gasteiger partial charge in [0.15, 0.2) is 0 Å². The van der Waals surface area contributed by atoms with Crippen molar-refractivity contribution in [1.29, 1.82) is 0 Å². The highest BCUT2D eigenvalue weighted by atomic mass is 35.5. The summed E-state index contributed by atoms with van der Waals surface area (Å²) in [6.07, 6.45) is 0.955. The summed E-state index contributed by atoms with van der Waals surface area (Å²) in [5.74, 6) is 1.17. The Morgan fingerprint density at radius 1 is 1.21 bits per heavy atom. The first kappa shape index (κ1) is 23.1. The van der Waals surface area contributed by atoms with Crippen LogP contribution in [0.1, 0.15) is 47.9 Å². The van der Waals surface area contributed by atoms with Gasteiger partial charge in [-0.15, -0.1) is 0 Å². The number of carbonyl (C=O) groups excluding carboxylic acids is 1. The second kappa shape index (κ2) is 9.85. The number of phenols is 1. The van der Waals surface area contributed by atoms with Crippen LogP contribution in [0.5, 0.6) is 11.5 Å². The van der Waals surface area contributed by atoms with Crippen molar-refractivity contribution in [2.24, 2.45) is 5.92 Å². The molecule has 0 radical (unpaired) electrons. The third-order valence-electron chi connectivity index (χ3n) is 5.75. The highest BCUT2D eigenvalue weighted by Crippen LogP contribution is 2.45. The fourth-order valence-corrected chi connectivity index (χ4v) is 4.23. The average molecular weight is 470 g/mol. The van der Waals surface area contributed by atoms with Crippen molar-refractivity contribution >= 4 is 17.5 Å². The molecule has 0 saturated heterocycles. The van der Waals surface area contributed by atoms with Crippen LogP contribution in [0.4, 0.5) is 0 Å². The molecule has 3 aromatic rings. The van der Waals surface area contributed by atoms with Gasteiger partial charge in [0.2, 0.25) is 0 Å². The Bertz CT molecular complexity index is 1140. The topological polar surface area (TPSA) is 87.7 Å². The first-order chi connectivity index (χ1) is 15.9. The predicted octanol–water partition coefficient (Wildman–Crippen LogP) is 5.05. The van der Waals surface area contributed by atoms with Crippen LogP contribution in [0.15, 0.2) is 42.5 Å². The molecule has 1 unspecified atom stereocenters. The van der Waals surface area contributed by atoms with Crippen molar-refractivity contribution in [1.82, 2.24) is 15.1 Å². The predicted molar refractivity (Wildman–Crippen MR) is 127 cm³/mol. The van der Waals surface area contributed by atoms with Crippen molar-refractivity contribution in [3.8, 4) is 22.8 Å². The molecular formula is C25H28ClN3O4. The van der Waals surface area contributed by atoms with Crippen LogP contribution in [0.25, 0.3) is 11.3 Å². The molecule has 0 saturated carbocycles. The van der Waals surface area contributed by atoms with E-state index >= 15 is 0 Å². The summed E-state index contributed by atoms with van der Waals surface area (Å²) in [6, 6.07) is 12.1. The molecule has 0 fully saturated rings. The van der Waals surface area contributed by atoms with E-state index in [0.29, 0.717) is 53.2 Å². The fraction of sp³-hybridized carbons (Fsp3) is 0.360. The number of rotatable bonds is 9. The molecule has 0 bridgehead atoms. The maximum atomic E-state index is 13.3. The summed E-state index contributed by atoms with van der Waals surface area (Å²) >= 11 is 6.20. The molecule has 0 aliphatic carbocycles. The standard InChI is InChI=1S/C25H28ClN3O4/c1-15(2)9-11-33-18-6-4-5-16(13-18)24-21-22(19-14-17(26)7-8-20(19)30)27-28-23(21)25(31)29(24)10-12-32-3/h4-8,13-15,24,30H,9-12H2,1-3H3,(H,27,28). The van der Waals surface area contributed by atoms with E-state index < -0.39 is 6.04 Å². The lowest BCUT2D eigenvalue weighted by Gasteiger charge is -2.26. The largest absolute Gasteiger partial charge is 0.507 e. The SMILES string of the molecule is COCCN1C(=O)c2[nH]nc(-c3cc(Cl)ccc3O)c2C1c1cccc(OCCC(C)C)c1. The highest BCUT2D eigenvalue weighted by Gasteiger charge is 2.42. The van der Waals surface area contributed by atoms with Gasteiger partial charge in [-0.2, -0.15) is 5.10 Å². The Hall–Kier alpha value is -3.03. The number of methoxy groups -OCH3 is 1. The van der Waals surface area contributed by atoms with E-state index in [1.165, 1.54) is 6.07 Å². The van der Waals surface area contributed by atoms with Crippen LogP contribution in [-0.4, -0.2) is 53.0 Å². The quantitative estimate of drug-likeness (QED) is 0.457. The number of halogens is 1. The molecule has 2 heterocycles. The molecule has 174 valence electrons. The van der Waals surface area contributed by atoms with Crippen molar-refractivity contribution in [3.63, 3.8) is 0 Å². The van der Waals surface area contributed by atoms with Gasteiger partial charge in [0.1, 0.15) is 22.9 Å². The molecule has 4 rings (SSSR count). The summed E-state index contributed by atoms with van der Waals surface area (Å²) in [5.41, 5.74) is 2.96. The van der Waals surface area contributed by atoms with Gasteiger partial charge >= 0.3 is 0 Å². The number of hydrogen-bond donors (Lipinski definition) is 2. The molecular weight excluding hydrogens is 442 g/mol. The number of H-pyrrole nitrogens is 1. The Morgan fingerprint density at radius 3 is 2.79 bits per heavy atom. The molecule has 1 amide bonds. The monoisotopic (exact) mass is 469 g/mol.